The molecule has 1 aromatic rings. The summed E-state index contributed by atoms with van der Waals surface area (Å²) in [7, 11) is 0. The lowest BCUT2D eigenvalue weighted by molar-refractivity contribution is -0.141. The zero-order chi connectivity index (χ0) is 17.4. The highest BCUT2D eigenvalue weighted by atomic mass is 32.2. The van der Waals surface area contributed by atoms with Crippen LogP contribution in [0.15, 0.2) is 11.8 Å². The largest absolute Gasteiger partial charge is 0.480 e. The predicted molar refractivity (Wildman–Crippen MR) is 91.5 cm³/mol. The van der Waals surface area contributed by atoms with E-state index in [1.807, 2.05) is 20.1 Å². The molecular weight excluding hydrogens is 336 g/mol. The van der Waals surface area contributed by atoms with Gasteiger partial charge in [-0.3, -0.25) is 4.79 Å². The Morgan fingerprint density at radius 1 is 1.52 bits per heavy atom. The molecule has 1 amide bonds. The zero-order valence-electron chi connectivity index (χ0n) is 13.0. The summed E-state index contributed by atoms with van der Waals surface area (Å²) in [5.41, 5.74) is 0.669. The number of carboxylic acids is 1. The van der Waals surface area contributed by atoms with Crippen LogP contribution in [0.4, 0.5) is 5.13 Å². The van der Waals surface area contributed by atoms with Gasteiger partial charge in [0.25, 0.3) is 5.91 Å². The predicted octanol–water partition coefficient (Wildman–Crippen LogP) is 1.90. The number of nitriles is 1. The maximum Gasteiger partial charge on any atom is 0.326 e. The second-order valence-corrected chi connectivity index (χ2v) is 6.81. The van der Waals surface area contributed by atoms with Crippen molar-refractivity contribution in [2.24, 2.45) is 0 Å². The minimum absolute atomic E-state index is 0.203. The summed E-state index contributed by atoms with van der Waals surface area (Å²) >= 11 is 2.89. The van der Waals surface area contributed by atoms with Crippen LogP contribution in [0, 0.1) is 25.2 Å². The maximum atomic E-state index is 12.0. The molecule has 3 N–H and O–H groups in total. The molecule has 0 radical (unpaired) electrons. The molecule has 1 rings (SSSR count). The van der Waals surface area contributed by atoms with Gasteiger partial charge < -0.3 is 15.7 Å². The normalized spacial score (nSPS) is 12.3. The van der Waals surface area contributed by atoms with Gasteiger partial charge in [0.05, 0.1) is 5.69 Å². The number of anilines is 1. The molecule has 0 spiro atoms. The molecule has 0 aliphatic carbocycles. The van der Waals surface area contributed by atoms with Crippen LogP contribution in [0.2, 0.25) is 0 Å². The highest BCUT2D eigenvalue weighted by molar-refractivity contribution is 7.98. The topological polar surface area (TPSA) is 115 Å². The van der Waals surface area contributed by atoms with Crippen molar-refractivity contribution < 1.29 is 14.7 Å². The first kappa shape index (κ1) is 19.0. The summed E-state index contributed by atoms with van der Waals surface area (Å²) < 4.78 is 0. The third-order valence-corrected chi connectivity index (χ3v) is 4.60. The lowest BCUT2D eigenvalue weighted by Crippen LogP contribution is -2.41. The van der Waals surface area contributed by atoms with Gasteiger partial charge in [0.1, 0.15) is 17.7 Å². The number of carbonyl (C=O) groups excluding carboxylic acids is 1. The second-order valence-electron chi connectivity index (χ2n) is 4.62. The van der Waals surface area contributed by atoms with Gasteiger partial charge in [0.15, 0.2) is 5.13 Å². The summed E-state index contributed by atoms with van der Waals surface area (Å²) in [6.07, 6.45) is 3.38. The van der Waals surface area contributed by atoms with E-state index < -0.39 is 17.9 Å². The fourth-order valence-corrected chi connectivity index (χ4v) is 2.80. The molecule has 0 aliphatic heterocycles. The number of hydrogen-bond donors (Lipinski definition) is 3. The van der Waals surface area contributed by atoms with Crippen LogP contribution >= 0.6 is 23.1 Å². The number of carboxylic acid groups (broad SMARTS) is 1. The summed E-state index contributed by atoms with van der Waals surface area (Å²) in [6, 6.07) is 0.742. The first-order valence-electron chi connectivity index (χ1n) is 6.72. The van der Waals surface area contributed by atoms with Crippen molar-refractivity contribution in [3.05, 3.63) is 22.3 Å². The van der Waals surface area contributed by atoms with E-state index in [4.69, 9.17) is 10.4 Å². The molecule has 0 saturated heterocycles. The van der Waals surface area contributed by atoms with Gasteiger partial charge in [0, 0.05) is 11.1 Å². The molecule has 1 atom stereocenters. The molecule has 0 aromatic carbocycles. The van der Waals surface area contributed by atoms with Crippen molar-refractivity contribution >= 4 is 40.1 Å². The Labute approximate surface area is 142 Å². The smallest absolute Gasteiger partial charge is 0.326 e. The summed E-state index contributed by atoms with van der Waals surface area (Å²) in [5, 5.41) is 23.9. The fourth-order valence-electron chi connectivity index (χ4n) is 1.55. The quantitative estimate of drug-likeness (QED) is 0.482. The molecule has 0 fully saturated rings. The number of amides is 1. The number of aryl methyl sites for hydroxylation is 2. The third kappa shape index (κ3) is 5.92. The maximum absolute atomic E-state index is 12.0. The van der Waals surface area contributed by atoms with Crippen molar-refractivity contribution in [2.45, 2.75) is 26.3 Å². The van der Waals surface area contributed by atoms with E-state index in [-0.39, 0.29) is 5.57 Å². The molecule has 0 aliphatic rings. The number of aromatic nitrogens is 1. The first-order valence-corrected chi connectivity index (χ1v) is 8.93. The SMILES string of the molecule is CSCCC(NC(=O)/C(C#N)=C\Nc1nc(C)c(C)s1)C(=O)O. The minimum Gasteiger partial charge on any atom is -0.480 e. The molecule has 1 heterocycles. The van der Waals surface area contributed by atoms with Gasteiger partial charge in [0.2, 0.25) is 0 Å². The third-order valence-electron chi connectivity index (χ3n) is 2.95. The van der Waals surface area contributed by atoms with Gasteiger partial charge in [-0.05, 0) is 32.3 Å². The molecule has 1 aromatic heterocycles. The van der Waals surface area contributed by atoms with Gasteiger partial charge in [-0.15, -0.1) is 11.3 Å². The lowest BCUT2D eigenvalue weighted by atomic mass is 10.2. The highest BCUT2D eigenvalue weighted by Gasteiger charge is 2.21. The number of nitrogens with one attached hydrogen (secondary N) is 2. The van der Waals surface area contributed by atoms with Crippen LogP contribution in [0.1, 0.15) is 17.0 Å². The summed E-state index contributed by atoms with van der Waals surface area (Å²) in [4.78, 5) is 28.4. The Morgan fingerprint density at radius 3 is 2.70 bits per heavy atom. The van der Waals surface area contributed by atoms with Crippen LogP contribution in [0.5, 0.6) is 0 Å². The Bertz CT molecular complexity index is 629. The Hall–Kier alpha value is -2.05. The molecule has 124 valence electrons. The number of thioether (sulfide) groups is 1. The molecule has 9 heteroatoms. The van der Waals surface area contributed by atoms with Crippen molar-refractivity contribution in [1.29, 1.82) is 5.26 Å². The number of rotatable bonds is 8. The van der Waals surface area contributed by atoms with Gasteiger partial charge in [-0.25, -0.2) is 9.78 Å². The molecule has 1 unspecified atom stereocenters. The van der Waals surface area contributed by atoms with Crippen molar-refractivity contribution in [3.8, 4) is 6.07 Å². The Morgan fingerprint density at radius 2 is 2.22 bits per heavy atom. The van der Waals surface area contributed by atoms with E-state index in [2.05, 4.69) is 15.6 Å². The van der Waals surface area contributed by atoms with E-state index in [0.29, 0.717) is 17.3 Å². The monoisotopic (exact) mass is 354 g/mol. The molecule has 0 bridgehead atoms. The van der Waals surface area contributed by atoms with Gasteiger partial charge >= 0.3 is 5.97 Å². The van der Waals surface area contributed by atoms with Crippen molar-refractivity contribution in [2.75, 3.05) is 17.3 Å². The number of nitrogens with zero attached hydrogens (tertiary/aromatic N) is 2. The van der Waals surface area contributed by atoms with Gasteiger partial charge in [-0.2, -0.15) is 17.0 Å². The summed E-state index contributed by atoms with van der Waals surface area (Å²) in [6.45, 7) is 3.78. The van der Waals surface area contributed by atoms with E-state index in [1.165, 1.54) is 29.3 Å². The van der Waals surface area contributed by atoms with E-state index in [0.717, 1.165) is 10.6 Å². The number of aliphatic carboxylic acids is 1. The molecule has 23 heavy (non-hydrogen) atoms. The van der Waals surface area contributed by atoms with Crippen LogP contribution < -0.4 is 10.6 Å². The van der Waals surface area contributed by atoms with E-state index in [1.54, 1.807) is 6.07 Å². The van der Waals surface area contributed by atoms with Crippen LogP contribution in [0.25, 0.3) is 0 Å². The minimum atomic E-state index is -1.12. The zero-order valence-corrected chi connectivity index (χ0v) is 14.7. The Kier molecular flexibility index (Phi) is 7.57. The van der Waals surface area contributed by atoms with E-state index >= 15 is 0 Å². The second kappa shape index (κ2) is 9.17. The molecule has 7 nitrogen and oxygen atoms in total. The average Bonchev–Trinajstić information content (AvgIpc) is 2.82. The van der Waals surface area contributed by atoms with Crippen LogP contribution in [0.3, 0.4) is 0 Å². The number of carbonyl (C=O) groups is 2. The highest BCUT2D eigenvalue weighted by Crippen LogP contribution is 2.21. The number of thiazole rings is 1. The van der Waals surface area contributed by atoms with Crippen molar-refractivity contribution in [3.63, 3.8) is 0 Å². The fraction of sp³-hybridized carbons (Fsp3) is 0.429. The lowest BCUT2D eigenvalue weighted by Gasteiger charge is -2.13. The molecular formula is C14H18N4O3S2. The standard InChI is InChI=1S/C14H18N4O3S2/c1-8-9(2)23-14(17-8)16-7-10(6-15)12(19)18-11(13(20)21)4-5-22-3/h7,11H,4-5H2,1-3H3,(H,16,17)(H,18,19)(H,20,21)/b10-7-. The summed E-state index contributed by atoms with van der Waals surface area (Å²) in [5.74, 6) is -1.25. The molecule has 0 saturated carbocycles. The number of hydrogen-bond acceptors (Lipinski definition) is 7. The first-order chi connectivity index (χ1) is 10.9. The Balaban J connectivity index is 2.75. The average molecular weight is 354 g/mol. The van der Waals surface area contributed by atoms with Crippen LogP contribution in [-0.2, 0) is 9.59 Å². The van der Waals surface area contributed by atoms with E-state index in [9.17, 15) is 9.59 Å². The van der Waals surface area contributed by atoms with Crippen LogP contribution in [-0.4, -0.2) is 40.0 Å². The van der Waals surface area contributed by atoms with Gasteiger partial charge in [-0.1, -0.05) is 0 Å². The van der Waals surface area contributed by atoms with Crippen molar-refractivity contribution in [1.82, 2.24) is 10.3 Å².